The van der Waals surface area contributed by atoms with Crippen molar-refractivity contribution in [2.75, 3.05) is 13.1 Å². The molecule has 1 N–H and O–H groups in total. The Bertz CT molecular complexity index is 509. The summed E-state index contributed by atoms with van der Waals surface area (Å²) in [5.74, 6) is -0.441. The zero-order chi connectivity index (χ0) is 13.1. The van der Waals surface area contributed by atoms with Crippen LogP contribution in [0.5, 0.6) is 0 Å². The van der Waals surface area contributed by atoms with E-state index in [9.17, 15) is 9.18 Å². The monoisotopic (exact) mass is 247 g/mol. The van der Waals surface area contributed by atoms with Crippen LogP contribution in [-0.2, 0) is 11.3 Å². The first kappa shape index (κ1) is 12.5. The molecule has 0 saturated carbocycles. The molecule has 1 saturated heterocycles. The van der Waals surface area contributed by atoms with Gasteiger partial charge in [0.1, 0.15) is 5.82 Å². The third-order valence-corrected chi connectivity index (χ3v) is 2.97. The Kier molecular flexibility index (Phi) is 3.58. The van der Waals surface area contributed by atoms with Crippen molar-refractivity contribution in [3.8, 4) is 6.07 Å². The van der Waals surface area contributed by atoms with Crippen molar-refractivity contribution in [1.29, 1.82) is 5.26 Å². The van der Waals surface area contributed by atoms with E-state index in [1.54, 1.807) is 17.9 Å². The predicted octanol–water partition coefficient (Wildman–Crippen LogP) is 1.02. The highest BCUT2D eigenvalue weighted by atomic mass is 19.1. The molecular weight excluding hydrogens is 233 g/mol. The first-order valence-corrected chi connectivity index (χ1v) is 5.82. The van der Waals surface area contributed by atoms with Crippen molar-refractivity contribution in [3.05, 3.63) is 35.1 Å². The number of nitrogens with zero attached hydrogens (tertiary/aromatic N) is 2. The second kappa shape index (κ2) is 5.15. The number of benzene rings is 1. The largest absolute Gasteiger partial charge is 0.336 e. The van der Waals surface area contributed by atoms with E-state index >= 15 is 0 Å². The van der Waals surface area contributed by atoms with Crippen molar-refractivity contribution in [2.24, 2.45) is 0 Å². The van der Waals surface area contributed by atoms with Crippen LogP contribution in [0.2, 0.25) is 0 Å². The Balaban J connectivity index is 2.16. The van der Waals surface area contributed by atoms with Gasteiger partial charge in [-0.15, -0.1) is 0 Å². The summed E-state index contributed by atoms with van der Waals surface area (Å²) in [6.45, 7) is 3.48. The zero-order valence-corrected chi connectivity index (χ0v) is 10.1. The average molecular weight is 247 g/mol. The van der Waals surface area contributed by atoms with Gasteiger partial charge >= 0.3 is 0 Å². The molecule has 1 atom stereocenters. The van der Waals surface area contributed by atoms with E-state index in [-0.39, 0.29) is 17.5 Å². The number of hydrogen-bond donors (Lipinski definition) is 1. The highest BCUT2D eigenvalue weighted by molar-refractivity contribution is 5.82. The van der Waals surface area contributed by atoms with Crippen LogP contribution in [0, 0.1) is 17.1 Å². The minimum absolute atomic E-state index is 0.00372. The summed E-state index contributed by atoms with van der Waals surface area (Å²) >= 11 is 0. The Morgan fingerprint density at radius 2 is 2.33 bits per heavy atom. The lowest BCUT2D eigenvalue weighted by Crippen LogP contribution is -2.53. The van der Waals surface area contributed by atoms with Gasteiger partial charge in [-0.05, 0) is 30.7 Å². The fourth-order valence-corrected chi connectivity index (χ4v) is 2.07. The van der Waals surface area contributed by atoms with Crippen molar-refractivity contribution in [3.63, 3.8) is 0 Å². The second-order valence-electron chi connectivity index (χ2n) is 4.40. The first-order valence-electron chi connectivity index (χ1n) is 5.82. The average Bonchev–Trinajstić information content (AvgIpc) is 2.34. The topological polar surface area (TPSA) is 56.1 Å². The van der Waals surface area contributed by atoms with Crippen LogP contribution in [0.3, 0.4) is 0 Å². The summed E-state index contributed by atoms with van der Waals surface area (Å²) in [5, 5.41) is 11.8. The molecule has 1 heterocycles. The predicted molar refractivity (Wildman–Crippen MR) is 64.0 cm³/mol. The molecule has 4 nitrogen and oxygen atoms in total. The van der Waals surface area contributed by atoms with Crippen molar-refractivity contribution in [2.45, 2.75) is 19.5 Å². The molecule has 0 radical (unpaired) electrons. The molecule has 1 unspecified atom stereocenters. The van der Waals surface area contributed by atoms with Crippen LogP contribution in [0.4, 0.5) is 4.39 Å². The summed E-state index contributed by atoms with van der Waals surface area (Å²) in [6, 6.07) is 5.87. The van der Waals surface area contributed by atoms with E-state index in [4.69, 9.17) is 5.26 Å². The number of amides is 1. The first-order chi connectivity index (χ1) is 8.60. The molecule has 94 valence electrons. The van der Waals surface area contributed by atoms with Gasteiger partial charge in [-0.25, -0.2) is 4.39 Å². The molecule has 18 heavy (non-hydrogen) atoms. The van der Waals surface area contributed by atoms with Gasteiger partial charge in [0.2, 0.25) is 5.91 Å². The Morgan fingerprint density at radius 1 is 1.56 bits per heavy atom. The molecule has 1 aliphatic rings. The van der Waals surface area contributed by atoms with Crippen molar-refractivity contribution >= 4 is 5.91 Å². The third-order valence-electron chi connectivity index (χ3n) is 2.97. The van der Waals surface area contributed by atoms with E-state index in [1.807, 2.05) is 6.07 Å². The number of nitriles is 1. The molecule has 2 rings (SSSR count). The summed E-state index contributed by atoms with van der Waals surface area (Å²) in [5.41, 5.74) is 0.926. The number of carbonyl (C=O) groups excluding carboxylic acids is 1. The number of hydrogen-bond acceptors (Lipinski definition) is 3. The van der Waals surface area contributed by atoms with Crippen LogP contribution in [-0.4, -0.2) is 29.9 Å². The SMILES string of the molecule is CC1NCCN(Cc2cc(F)cc(C#N)c2)C1=O. The maximum Gasteiger partial charge on any atom is 0.239 e. The van der Waals surface area contributed by atoms with Gasteiger partial charge in [0.15, 0.2) is 0 Å². The van der Waals surface area contributed by atoms with E-state index in [2.05, 4.69) is 5.32 Å². The number of nitrogens with one attached hydrogen (secondary N) is 1. The van der Waals surface area contributed by atoms with Crippen molar-refractivity contribution in [1.82, 2.24) is 10.2 Å². The molecule has 1 aromatic rings. The van der Waals surface area contributed by atoms with Gasteiger partial charge in [0.05, 0.1) is 17.7 Å². The maximum atomic E-state index is 13.3. The molecule has 0 bridgehead atoms. The minimum atomic E-state index is -0.445. The van der Waals surface area contributed by atoms with Gasteiger partial charge in [-0.2, -0.15) is 5.26 Å². The molecule has 0 aromatic heterocycles. The normalized spacial score (nSPS) is 19.7. The lowest BCUT2D eigenvalue weighted by atomic mass is 10.1. The summed E-state index contributed by atoms with van der Waals surface area (Å²) in [4.78, 5) is 13.6. The number of piperazine rings is 1. The molecule has 1 aromatic carbocycles. The zero-order valence-electron chi connectivity index (χ0n) is 10.1. The van der Waals surface area contributed by atoms with Gasteiger partial charge in [-0.3, -0.25) is 4.79 Å². The van der Waals surface area contributed by atoms with E-state index < -0.39 is 5.82 Å². The van der Waals surface area contributed by atoms with Crippen LogP contribution in [0.15, 0.2) is 18.2 Å². The quantitative estimate of drug-likeness (QED) is 0.848. The highest BCUT2D eigenvalue weighted by Crippen LogP contribution is 2.13. The van der Waals surface area contributed by atoms with Gasteiger partial charge in [0, 0.05) is 19.6 Å². The molecule has 1 aliphatic heterocycles. The molecule has 0 spiro atoms. The highest BCUT2D eigenvalue weighted by Gasteiger charge is 2.24. The van der Waals surface area contributed by atoms with E-state index in [0.29, 0.717) is 18.7 Å². The molecule has 1 amide bonds. The van der Waals surface area contributed by atoms with Gasteiger partial charge < -0.3 is 10.2 Å². The number of rotatable bonds is 2. The van der Waals surface area contributed by atoms with Crippen LogP contribution in [0.1, 0.15) is 18.1 Å². The summed E-state index contributed by atoms with van der Waals surface area (Å²) in [7, 11) is 0. The molecule has 5 heteroatoms. The Labute approximate surface area is 105 Å². The number of halogens is 1. The van der Waals surface area contributed by atoms with Crippen molar-refractivity contribution < 1.29 is 9.18 Å². The summed E-state index contributed by atoms with van der Waals surface area (Å²) < 4.78 is 13.3. The van der Waals surface area contributed by atoms with Crippen LogP contribution in [0.25, 0.3) is 0 Å². The van der Waals surface area contributed by atoms with Crippen LogP contribution < -0.4 is 5.32 Å². The lowest BCUT2D eigenvalue weighted by molar-refractivity contribution is -0.135. The van der Waals surface area contributed by atoms with E-state index in [0.717, 1.165) is 6.54 Å². The maximum absolute atomic E-state index is 13.3. The molecule has 1 fully saturated rings. The molecule has 0 aliphatic carbocycles. The fraction of sp³-hybridized carbons (Fsp3) is 0.385. The Hall–Kier alpha value is -1.93. The second-order valence-corrected chi connectivity index (χ2v) is 4.40. The summed E-state index contributed by atoms with van der Waals surface area (Å²) in [6.07, 6.45) is 0. The standard InChI is InChI=1S/C13H14FN3O/c1-9-13(18)17(3-2-16-9)8-11-4-10(7-15)5-12(14)6-11/h4-6,9,16H,2-3,8H2,1H3. The van der Waals surface area contributed by atoms with E-state index in [1.165, 1.54) is 12.1 Å². The minimum Gasteiger partial charge on any atom is -0.336 e. The number of carbonyl (C=O) groups is 1. The fourth-order valence-electron chi connectivity index (χ4n) is 2.07. The van der Waals surface area contributed by atoms with Crippen LogP contribution >= 0.6 is 0 Å². The smallest absolute Gasteiger partial charge is 0.239 e. The lowest BCUT2D eigenvalue weighted by Gasteiger charge is -2.31. The van der Waals surface area contributed by atoms with Gasteiger partial charge in [0.25, 0.3) is 0 Å². The Morgan fingerprint density at radius 3 is 3.06 bits per heavy atom. The third kappa shape index (κ3) is 2.66. The van der Waals surface area contributed by atoms with Gasteiger partial charge in [-0.1, -0.05) is 0 Å². The molecular formula is C13H14FN3O.